The predicted molar refractivity (Wildman–Crippen MR) is 113 cm³/mol. The standard InChI is InChI=1S/C21H16ClFN4O4S/c22-12-6-7-16-15(10-12)14-8-11(9-17(14)25-16)21(23,20-26-19(18(24)28)27-31-20)32(29,30)13-4-2-1-3-5-13/h1-7,10-11,25H,8-9H2,(H2,24,28). The van der Waals surface area contributed by atoms with Crippen molar-refractivity contribution in [2.75, 3.05) is 0 Å². The Balaban J connectivity index is 1.66. The van der Waals surface area contributed by atoms with Crippen LogP contribution in [0.5, 0.6) is 0 Å². The van der Waals surface area contributed by atoms with Crippen molar-refractivity contribution < 1.29 is 22.1 Å². The number of aromatic amines is 1. The van der Waals surface area contributed by atoms with Crippen molar-refractivity contribution in [3.05, 3.63) is 76.5 Å². The highest BCUT2D eigenvalue weighted by Gasteiger charge is 2.59. The van der Waals surface area contributed by atoms with E-state index in [1.54, 1.807) is 18.2 Å². The molecular weight excluding hydrogens is 459 g/mol. The molecule has 2 unspecified atom stereocenters. The fourth-order valence-electron chi connectivity index (χ4n) is 4.25. The van der Waals surface area contributed by atoms with E-state index in [-0.39, 0.29) is 17.7 Å². The summed E-state index contributed by atoms with van der Waals surface area (Å²) in [6, 6.07) is 12.5. The lowest BCUT2D eigenvalue weighted by Crippen LogP contribution is -2.40. The maximum absolute atomic E-state index is 16.9. The third-order valence-electron chi connectivity index (χ3n) is 5.77. The lowest BCUT2D eigenvalue weighted by Gasteiger charge is -2.27. The lowest BCUT2D eigenvalue weighted by atomic mass is 9.98. The smallest absolute Gasteiger partial charge is 0.295 e. The van der Waals surface area contributed by atoms with Gasteiger partial charge in [0.1, 0.15) is 0 Å². The molecule has 8 nitrogen and oxygen atoms in total. The van der Waals surface area contributed by atoms with E-state index in [1.807, 2.05) is 6.07 Å². The topological polar surface area (TPSA) is 132 Å². The highest BCUT2D eigenvalue weighted by molar-refractivity contribution is 7.92. The fraction of sp³-hybridized carbons (Fsp3) is 0.190. The van der Waals surface area contributed by atoms with Crippen molar-refractivity contribution in [3.63, 3.8) is 0 Å². The SMILES string of the molecule is NC(=O)c1noc(C(F)(C2Cc3[nH]c4ccc(Cl)cc4c3C2)S(=O)(=O)c2ccccc2)n1. The van der Waals surface area contributed by atoms with E-state index in [2.05, 4.69) is 15.1 Å². The average Bonchev–Trinajstić information content (AvgIpc) is 3.49. The number of primary amides is 1. The Morgan fingerprint density at radius 3 is 2.66 bits per heavy atom. The maximum atomic E-state index is 16.9. The highest BCUT2D eigenvalue weighted by Crippen LogP contribution is 2.49. The van der Waals surface area contributed by atoms with Crippen LogP contribution in [0.4, 0.5) is 4.39 Å². The fourth-order valence-corrected chi connectivity index (χ4v) is 6.20. The number of fused-ring (bicyclic) bond motifs is 3. The van der Waals surface area contributed by atoms with Crippen molar-refractivity contribution in [2.24, 2.45) is 11.7 Å². The summed E-state index contributed by atoms with van der Waals surface area (Å²) < 4.78 is 49.0. The normalized spacial score (nSPS) is 17.9. The molecule has 0 aliphatic heterocycles. The molecule has 0 saturated carbocycles. The number of carbonyl (C=O) groups is 1. The second kappa shape index (κ2) is 7.14. The van der Waals surface area contributed by atoms with Gasteiger partial charge >= 0.3 is 0 Å². The molecule has 3 N–H and O–H groups in total. The summed E-state index contributed by atoms with van der Waals surface area (Å²) in [5.74, 6) is -3.58. The number of nitrogens with two attached hydrogens (primary N) is 1. The number of carbonyl (C=O) groups excluding carboxylic acids is 1. The molecule has 1 aliphatic carbocycles. The number of amides is 1. The van der Waals surface area contributed by atoms with Crippen LogP contribution in [0.3, 0.4) is 0 Å². The van der Waals surface area contributed by atoms with Gasteiger partial charge in [0.05, 0.1) is 4.90 Å². The van der Waals surface area contributed by atoms with Crippen LogP contribution < -0.4 is 5.73 Å². The number of aromatic nitrogens is 3. The first-order valence-corrected chi connectivity index (χ1v) is 11.5. The van der Waals surface area contributed by atoms with Crippen LogP contribution in [0.1, 0.15) is 27.8 Å². The number of hydrogen-bond donors (Lipinski definition) is 2. The van der Waals surface area contributed by atoms with Gasteiger partial charge in [0.15, 0.2) is 0 Å². The number of nitrogens with zero attached hydrogens (tertiary/aromatic N) is 2. The number of nitrogens with one attached hydrogen (secondary N) is 1. The third-order valence-corrected chi connectivity index (χ3v) is 8.18. The summed E-state index contributed by atoms with van der Waals surface area (Å²) in [5.41, 5.74) is 7.45. The Morgan fingerprint density at radius 1 is 1.22 bits per heavy atom. The summed E-state index contributed by atoms with van der Waals surface area (Å²) in [4.78, 5) is 18.1. The first-order chi connectivity index (χ1) is 15.2. The Bertz CT molecular complexity index is 1470. The minimum atomic E-state index is -4.66. The minimum absolute atomic E-state index is 0.0679. The van der Waals surface area contributed by atoms with Gasteiger partial charge in [-0.3, -0.25) is 4.79 Å². The van der Waals surface area contributed by atoms with Gasteiger partial charge in [-0.2, -0.15) is 4.98 Å². The van der Waals surface area contributed by atoms with E-state index in [0.29, 0.717) is 10.7 Å². The van der Waals surface area contributed by atoms with Gasteiger partial charge in [-0.25, -0.2) is 12.8 Å². The van der Waals surface area contributed by atoms with Gasteiger partial charge in [0.2, 0.25) is 9.84 Å². The van der Waals surface area contributed by atoms with Crippen molar-refractivity contribution in [1.29, 1.82) is 0 Å². The van der Waals surface area contributed by atoms with E-state index >= 15 is 4.39 Å². The molecule has 0 radical (unpaired) electrons. The Labute approximate surface area is 186 Å². The van der Waals surface area contributed by atoms with Crippen LogP contribution in [-0.4, -0.2) is 29.4 Å². The monoisotopic (exact) mass is 474 g/mol. The molecule has 1 aliphatic rings. The zero-order chi connectivity index (χ0) is 22.7. The van der Waals surface area contributed by atoms with Gasteiger partial charge < -0.3 is 15.2 Å². The number of H-pyrrole nitrogens is 1. The number of sulfone groups is 1. The summed E-state index contributed by atoms with van der Waals surface area (Å²) in [6.07, 6.45) is 0.144. The molecule has 2 aromatic heterocycles. The zero-order valence-electron chi connectivity index (χ0n) is 16.4. The third kappa shape index (κ3) is 2.94. The molecular formula is C21H16ClFN4O4S. The summed E-state index contributed by atoms with van der Waals surface area (Å²) in [5, 5.41) is 1.57. The van der Waals surface area contributed by atoms with Gasteiger partial charge in [-0.05, 0) is 48.7 Å². The number of halogens is 2. The Hall–Kier alpha value is -3.24. The van der Waals surface area contributed by atoms with Gasteiger partial charge in [0.25, 0.3) is 22.6 Å². The van der Waals surface area contributed by atoms with Crippen molar-refractivity contribution in [1.82, 2.24) is 15.1 Å². The molecule has 2 heterocycles. The molecule has 11 heteroatoms. The predicted octanol–water partition coefficient (Wildman–Crippen LogP) is 3.31. The summed E-state index contributed by atoms with van der Waals surface area (Å²) in [7, 11) is -4.66. The van der Waals surface area contributed by atoms with Crippen LogP contribution in [0.2, 0.25) is 5.02 Å². The van der Waals surface area contributed by atoms with Crippen LogP contribution in [0.25, 0.3) is 10.9 Å². The average molecular weight is 475 g/mol. The van der Waals surface area contributed by atoms with E-state index in [9.17, 15) is 13.2 Å². The molecule has 0 fully saturated rings. The summed E-state index contributed by atoms with van der Waals surface area (Å²) >= 11 is 6.12. The minimum Gasteiger partial charge on any atom is -0.363 e. The zero-order valence-corrected chi connectivity index (χ0v) is 18.0. The largest absolute Gasteiger partial charge is 0.363 e. The Kier molecular flexibility index (Phi) is 4.61. The van der Waals surface area contributed by atoms with Gasteiger partial charge in [-0.1, -0.05) is 35.0 Å². The van der Waals surface area contributed by atoms with Crippen LogP contribution in [0.15, 0.2) is 57.9 Å². The van der Waals surface area contributed by atoms with E-state index in [0.717, 1.165) is 16.5 Å². The first-order valence-electron chi connectivity index (χ1n) is 9.63. The Morgan fingerprint density at radius 2 is 1.97 bits per heavy atom. The molecule has 2 aromatic carbocycles. The molecule has 5 rings (SSSR count). The first kappa shape index (κ1) is 20.7. The molecule has 32 heavy (non-hydrogen) atoms. The van der Waals surface area contributed by atoms with Gasteiger partial charge in [-0.15, -0.1) is 0 Å². The van der Waals surface area contributed by atoms with Crippen molar-refractivity contribution in [2.45, 2.75) is 22.7 Å². The van der Waals surface area contributed by atoms with Crippen LogP contribution >= 0.6 is 11.6 Å². The number of hydrogen-bond acceptors (Lipinski definition) is 6. The summed E-state index contributed by atoms with van der Waals surface area (Å²) in [6.45, 7) is 0. The number of benzene rings is 2. The number of alkyl halides is 1. The second-order valence-electron chi connectivity index (χ2n) is 7.63. The van der Waals surface area contributed by atoms with Crippen molar-refractivity contribution in [3.8, 4) is 0 Å². The molecule has 0 saturated heterocycles. The molecule has 2 atom stereocenters. The van der Waals surface area contributed by atoms with E-state index < -0.39 is 38.4 Å². The highest BCUT2D eigenvalue weighted by atomic mass is 35.5. The van der Waals surface area contributed by atoms with Crippen molar-refractivity contribution >= 4 is 38.2 Å². The molecule has 164 valence electrons. The van der Waals surface area contributed by atoms with Gasteiger partial charge in [0, 0.05) is 27.5 Å². The number of rotatable bonds is 5. The van der Waals surface area contributed by atoms with E-state index in [4.69, 9.17) is 21.9 Å². The molecule has 1 amide bonds. The van der Waals surface area contributed by atoms with E-state index in [1.165, 1.54) is 24.3 Å². The molecule has 0 bridgehead atoms. The lowest BCUT2D eigenvalue weighted by molar-refractivity contribution is 0.0987. The second-order valence-corrected chi connectivity index (χ2v) is 10.1. The van der Waals surface area contributed by atoms with Crippen LogP contribution in [-0.2, 0) is 27.7 Å². The molecule has 4 aromatic rings. The quantitative estimate of drug-likeness (QED) is 0.456. The van der Waals surface area contributed by atoms with Crippen LogP contribution in [0, 0.1) is 5.92 Å². The maximum Gasteiger partial charge on any atom is 0.295 e. The molecule has 0 spiro atoms.